The van der Waals surface area contributed by atoms with Crippen LogP contribution in [0.3, 0.4) is 0 Å². The van der Waals surface area contributed by atoms with Crippen LogP contribution in [-0.4, -0.2) is 19.1 Å². The number of halogens is 1. The van der Waals surface area contributed by atoms with E-state index in [-0.39, 0.29) is 11.9 Å². The molecule has 0 heterocycles. The van der Waals surface area contributed by atoms with Gasteiger partial charge in [-0.05, 0) is 43.4 Å². The van der Waals surface area contributed by atoms with Crippen LogP contribution in [0.25, 0.3) is 0 Å². The van der Waals surface area contributed by atoms with Crippen LogP contribution in [0.1, 0.15) is 39.7 Å². The third-order valence-electron chi connectivity index (χ3n) is 3.99. The van der Waals surface area contributed by atoms with Crippen molar-refractivity contribution < 1.29 is 4.39 Å². The first kappa shape index (κ1) is 16.0. The van der Waals surface area contributed by atoms with Crippen LogP contribution in [0.5, 0.6) is 0 Å². The smallest absolute Gasteiger partial charge is 0.146 e. The fourth-order valence-electron chi connectivity index (χ4n) is 2.08. The largest absolute Gasteiger partial charge is 0.369 e. The van der Waals surface area contributed by atoms with E-state index >= 15 is 0 Å². The van der Waals surface area contributed by atoms with E-state index in [4.69, 9.17) is 5.73 Å². The van der Waals surface area contributed by atoms with Crippen molar-refractivity contribution in [3.63, 3.8) is 0 Å². The Kier molecular flexibility index (Phi) is 5.80. The maximum atomic E-state index is 14.2. The van der Waals surface area contributed by atoms with E-state index in [1.54, 1.807) is 6.07 Å². The fourth-order valence-corrected chi connectivity index (χ4v) is 2.08. The van der Waals surface area contributed by atoms with Crippen LogP contribution in [-0.2, 0) is 6.42 Å². The van der Waals surface area contributed by atoms with Gasteiger partial charge < -0.3 is 10.6 Å². The van der Waals surface area contributed by atoms with Crippen molar-refractivity contribution in [3.8, 4) is 0 Å². The summed E-state index contributed by atoms with van der Waals surface area (Å²) in [6.07, 6.45) is 1.64. The summed E-state index contributed by atoms with van der Waals surface area (Å²) in [6, 6.07) is 5.88. The van der Waals surface area contributed by atoms with Gasteiger partial charge in [0.25, 0.3) is 0 Å². The van der Waals surface area contributed by atoms with Crippen molar-refractivity contribution in [1.82, 2.24) is 0 Å². The second kappa shape index (κ2) is 6.90. The maximum Gasteiger partial charge on any atom is 0.146 e. The van der Waals surface area contributed by atoms with E-state index in [1.807, 2.05) is 31.0 Å². The lowest BCUT2D eigenvalue weighted by atomic mass is 10.0. The number of hydrogen-bond acceptors (Lipinski definition) is 2. The molecule has 0 aromatic heterocycles. The van der Waals surface area contributed by atoms with Crippen molar-refractivity contribution in [3.05, 3.63) is 29.6 Å². The summed E-state index contributed by atoms with van der Waals surface area (Å²) in [4.78, 5) is 2.00. The molecule has 0 saturated carbocycles. The average molecular weight is 266 g/mol. The number of nitrogens with two attached hydrogens (primary N) is 1. The highest BCUT2D eigenvalue weighted by Crippen LogP contribution is 2.24. The van der Waals surface area contributed by atoms with Crippen molar-refractivity contribution >= 4 is 5.69 Å². The molecule has 1 rings (SSSR count). The zero-order valence-corrected chi connectivity index (χ0v) is 12.8. The maximum absolute atomic E-state index is 14.2. The van der Waals surface area contributed by atoms with Gasteiger partial charge in [-0.25, -0.2) is 4.39 Å². The molecule has 19 heavy (non-hydrogen) atoms. The van der Waals surface area contributed by atoms with E-state index in [9.17, 15) is 4.39 Å². The van der Waals surface area contributed by atoms with Gasteiger partial charge >= 0.3 is 0 Å². The molecule has 0 aliphatic rings. The Labute approximate surface area is 116 Å². The monoisotopic (exact) mass is 266 g/mol. The van der Waals surface area contributed by atoms with Crippen molar-refractivity contribution in [2.75, 3.05) is 11.9 Å². The van der Waals surface area contributed by atoms with Crippen LogP contribution < -0.4 is 10.6 Å². The van der Waals surface area contributed by atoms with Gasteiger partial charge in [-0.3, -0.25) is 0 Å². The van der Waals surface area contributed by atoms with Crippen LogP contribution in [0.2, 0.25) is 0 Å². The summed E-state index contributed by atoms with van der Waals surface area (Å²) in [5, 5.41) is 0. The molecule has 0 amide bonds. The molecule has 1 aromatic carbocycles. The fraction of sp³-hybridized carbons (Fsp3) is 0.625. The van der Waals surface area contributed by atoms with Crippen molar-refractivity contribution in [1.29, 1.82) is 0 Å². The van der Waals surface area contributed by atoms with E-state index in [1.165, 1.54) is 0 Å². The molecular weight excluding hydrogens is 239 g/mol. The van der Waals surface area contributed by atoms with E-state index in [2.05, 4.69) is 20.8 Å². The standard InChI is InChI=1S/C16H27FN2/c1-6-14(18)9-13-7-8-16(15(17)10-13)19(5)12(4)11(2)3/h7-8,10-12,14H,6,9,18H2,1-5H3. The van der Waals surface area contributed by atoms with Crippen LogP contribution in [0.15, 0.2) is 18.2 Å². The quantitative estimate of drug-likeness (QED) is 0.852. The summed E-state index contributed by atoms with van der Waals surface area (Å²) >= 11 is 0. The second-order valence-corrected chi connectivity index (χ2v) is 5.75. The van der Waals surface area contributed by atoms with Crippen LogP contribution in [0.4, 0.5) is 10.1 Å². The highest BCUT2D eigenvalue weighted by Gasteiger charge is 2.17. The molecule has 2 nitrogen and oxygen atoms in total. The first-order chi connectivity index (χ1) is 8.86. The minimum atomic E-state index is -0.157. The summed E-state index contributed by atoms with van der Waals surface area (Å²) < 4.78 is 14.2. The molecule has 0 aliphatic carbocycles. The Morgan fingerprint density at radius 3 is 2.37 bits per heavy atom. The van der Waals surface area contributed by atoms with Gasteiger partial charge in [0, 0.05) is 19.1 Å². The molecule has 0 bridgehead atoms. The lowest BCUT2D eigenvalue weighted by Gasteiger charge is -2.30. The lowest BCUT2D eigenvalue weighted by molar-refractivity contribution is 0.497. The number of anilines is 1. The predicted octanol–water partition coefficient (Wildman–Crippen LogP) is 3.59. The Hall–Kier alpha value is -1.09. The molecule has 2 unspecified atom stereocenters. The Morgan fingerprint density at radius 2 is 1.89 bits per heavy atom. The third kappa shape index (κ3) is 4.20. The molecule has 2 atom stereocenters. The molecule has 0 radical (unpaired) electrons. The summed E-state index contributed by atoms with van der Waals surface area (Å²) in [6.45, 7) is 8.46. The van der Waals surface area contributed by atoms with Crippen molar-refractivity contribution in [2.45, 2.75) is 52.6 Å². The summed E-state index contributed by atoms with van der Waals surface area (Å²) in [5.74, 6) is 0.327. The minimum Gasteiger partial charge on any atom is -0.369 e. The Morgan fingerprint density at radius 1 is 1.26 bits per heavy atom. The van der Waals surface area contributed by atoms with E-state index in [0.717, 1.165) is 18.4 Å². The first-order valence-corrected chi connectivity index (χ1v) is 7.13. The SMILES string of the molecule is CCC(N)Cc1ccc(N(C)C(C)C(C)C)c(F)c1. The highest BCUT2D eigenvalue weighted by atomic mass is 19.1. The van der Waals surface area contributed by atoms with Gasteiger partial charge in [-0.1, -0.05) is 26.8 Å². The van der Waals surface area contributed by atoms with Gasteiger partial charge in [0.2, 0.25) is 0 Å². The van der Waals surface area contributed by atoms with Gasteiger partial charge in [0.1, 0.15) is 5.82 Å². The number of hydrogen-bond donors (Lipinski definition) is 1. The third-order valence-corrected chi connectivity index (χ3v) is 3.99. The molecule has 1 aromatic rings. The molecule has 2 N–H and O–H groups in total. The Bertz CT molecular complexity index is 404. The molecule has 0 spiro atoms. The zero-order chi connectivity index (χ0) is 14.6. The van der Waals surface area contributed by atoms with Crippen molar-refractivity contribution in [2.24, 2.45) is 11.7 Å². The summed E-state index contributed by atoms with van der Waals surface area (Å²) in [5.41, 5.74) is 7.54. The molecule has 108 valence electrons. The van der Waals surface area contributed by atoms with Gasteiger partial charge in [0.05, 0.1) is 5.69 Å². The molecule has 3 heteroatoms. The van der Waals surface area contributed by atoms with Crippen LogP contribution in [0, 0.1) is 11.7 Å². The number of nitrogens with zero attached hydrogens (tertiary/aromatic N) is 1. The van der Waals surface area contributed by atoms with Crippen LogP contribution >= 0.6 is 0 Å². The zero-order valence-electron chi connectivity index (χ0n) is 12.8. The van der Waals surface area contributed by atoms with Gasteiger partial charge in [-0.2, -0.15) is 0 Å². The molecule has 0 fully saturated rings. The van der Waals surface area contributed by atoms with E-state index < -0.39 is 0 Å². The highest BCUT2D eigenvalue weighted by molar-refractivity contribution is 5.49. The van der Waals surface area contributed by atoms with E-state index in [0.29, 0.717) is 17.6 Å². The lowest BCUT2D eigenvalue weighted by Crippen LogP contribution is -2.33. The molecule has 0 aliphatic heterocycles. The van der Waals surface area contributed by atoms with Gasteiger partial charge in [0.15, 0.2) is 0 Å². The predicted molar refractivity (Wildman–Crippen MR) is 81.1 cm³/mol. The number of benzene rings is 1. The second-order valence-electron chi connectivity index (χ2n) is 5.75. The summed E-state index contributed by atoms with van der Waals surface area (Å²) in [7, 11) is 1.94. The minimum absolute atomic E-state index is 0.109. The Balaban J connectivity index is 2.88. The number of rotatable bonds is 6. The topological polar surface area (TPSA) is 29.3 Å². The normalized spacial score (nSPS) is 14.5. The molecule has 0 saturated heterocycles. The average Bonchev–Trinajstić information content (AvgIpc) is 2.37. The molecular formula is C16H27FN2. The van der Waals surface area contributed by atoms with Gasteiger partial charge in [-0.15, -0.1) is 0 Å². The first-order valence-electron chi connectivity index (χ1n) is 7.13.